The highest BCUT2D eigenvalue weighted by Crippen LogP contribution is 2.11. The predicted octanol–water partition coefficient (Wildman–Crippen LogP) is 1.89. The van der Waals surface area contributed by atoms with Crippen LogP contribution in [-0.4, -0.2) is 16.9 Å². The molecule has 1 aromatic carbocycles. The second-order valence-corrected chi connectivity index (χ2v) is 4.71. The van der Waals surface area contributed by atoms with E-state index in [1.54, 1.807) is 0 Å². The zero-order valence-electron chi connectivity index (χ0n) is 9.42. The van der Waals surface area contributed by atoms with Crippen LogP contribution in [0, 0.1) is 5.92 Å². The molecule has 0 saturated heterocycles. The molecule has 1 amide bonds. The smallest absolute Gasteiger partial charge is 0.240 e. The van der Waals surface area contributed by atoms with Crippen molar-refractivity contribution in [2.75, 3.05) is 0 Å². The molecule has 1 atom stereocenters. The molecule has 0 bridgehead atoms. The molecule has 1 N–H and O–H groups in total. The van der Waals surface area contributed by atoms with Crippen LogP contribution in [-0.2, 0) is 4.79 Å². The van der Waals surface area contributed by atoms with Crippen molar-refractivity contribution in [3.63, 3.8) is 0 Å². The molecular formula is C12H13N3OS. The lowest BCUT2D eigenvalue weighted by molar-refractivity contribution is -0.121. The molecule has 17 heavy (non-hydrogen) atoms. The van der Waals surface area contributed by atoms with Gasteiger partial charge < -0.3 is 0 Å². The molecule has 0 saturated carbocycles. The van der Waals surface area contributed by atoms with Gasteiger partial charge in [-0.15, -0.1) is 11.4 Å². The summed E-state index contributed by atoms with van der Waals surface area (Å²) in [4.78, 5) is 16.3. The van der Waals surface area contributed by atoms with Crippen LogP contribution >= 0.6 is 11.4 Å². The first-order valence-corrected chi connectivity index (χ1v) is 6.23. The number of hydrazone groups is 1. The maximum atomic E-state index is 11.0. The second-order valence-electron chi connectivity index (χ2n) is 3.77. The number of nitrogens with one attached hydrogen (secondary N) is 1. The van der Waals surface area contributed by atoms with E-state index in [0.717, 1.165) is 16.2 Å². The number of benzene rings is 1. The van der Waals surface area contributed by atoms with E-state index >= 15 is 0 Å². The quantitative estimate of drug-likeness (QED) is 0.444. The highest BCUT2D eigenvalue weighted by Gasteiger charge is 2.19. The van der Waals surface area contributed by atoms with Gasteiger partial charge in [0.2, 0.25) is 5.91 Å². The Labute approximate surface area is 103 Å². The summed E-state index contributed by atoms with van der Waals surface area (Å²) in [5, 5.41) is 6.84. The van der Waals surface area contributed by atoms with E-state index in [1.807, 2.05) is 37.3 Å². The number of isothiocyanates is 1. The summed E-state index contributed by atoms with van der Waals surface area (Å²) in [7, 11) is 0. The van der Waals surface area contributed by atoms with Gasteiger partial charge in [-0.1, -0.05) is 25.1 Å². The van der Waals surface area contributed by atoms with Gasteiger partial charge in [0.15, 0.2) is 5.84 Å². The maximum Gasteiger partial charge on any atom is 0.240 e. The molecule has 1 aliphatic heterocycles. The first-order chi connectivity index (χ1) is 8.25. The minimum atomic E-state index is -0.0583. The van der Waals surface area contributed by atoms with E-state index in [1.165, 1.54) is 0 Å². The molecule has 1 aromatic rings. The van der Waals surface area contributed by atoms with Gasteiger partial charge in [-0.2, -0.15) is 10.1 Å². The number of carbonyl (C=O) groups is 1. The average Bonchev–Trinajstić information content (AvgIpc) is 2.33. The van der Waals surface area contributed by atoms with Gasteiger partial charge in [0, 0.05) is 22.4 Å². The van der Waals surface area contributed by atoms with Crippen LogP contribution in [0.2, 0.25) is 0 Å². The van der Waals surface area contributed by atoms with Gasteiger partial charge in [0.25, 0.3) is 0 Å². The van der Waals surface area contributed by atoms with Crippen molar-refractivity contribution in [3.8, 4) is 0 Å². The minimum absolute atomic E-state index is 0.0576. The van der Waals surface area contributed by atoms with Crippen molar-refractivity contribution in [3.05, 3.63) is 30.3 Å². The monoisotopic (exact) mass is 247 g/mol. The molecule has 0 aliphatic carbocycles. The molecule has 0 fully saturated rings. The van der Waals surface area contributed by atoms with Crippen LogP contribution in [0.15, 0.2) is 45.3 Å². The third-order valence-electron chi connectivity index (χ3n) is 2.33. The van der Waals surface area contributed by atoms with Crippen molar-refractivity contribution < 1.29 is 4.79 Å². The second kappa shape index (κ2) is 5.57. The summed E-state index contributed by atoms with van der Waals surface area (Å²) in [6, 6.07) is 9.95. The van der Waals surface area contributed by atoms with Crippen molar-refractivity contribution in [1.29, 1.82) is 0 Å². The van der Waals surface area contributed by atoms with Crippen molar-refractivity contribution >= 4 is 28.3 Å². The van der Waals surface area contributed by atoms with E-state index in [2.05, 4.69) is 20.7 Å². The lowest BCUT2D eigenvalue weighted by atomic mass is 10.1. The first kappa shape index (κ1) is 11.8. The topological polar surface area (TPSA) is 53.8 Å². The Balaban J connectivity index is 2.11. The van der Waals surface area contributed by atoms with Gasteiger partial charge in [-0.3, -0.25) is 4.79 Å². The SMILES string of the molecule is C[C@H]1CC(=O)NN=C1N=C=[SH]c1ccccc1. The fraction of sp³-hybridized carbons (Fsp3) is 0.250. The normalized spacial score (nSPS) is 19.0. The van der Waals surface area contributed by atoms with Crippen LogP contribution in [0.25, 0.3) is 0 Å². The van der Waals surface area contributed by atoms with Crippen LogP contribution in [0.5, 0.6) is 0 Å². The third-order valence-corrected chi connectivity index (χ3v) is 3.08. The number of amidine groups is 1. The average molecular weight is 247 g/mol. The highest BCUT2D eigenvalue weighted by atomic mass is 32.1. The molecule has 88 valence electrons. The molecule has 5 heteroatoms. The van der Waals surface area contributed by atoms with E-state index < -0.39 is 0 Å². The van der Waals surface area contributed by atoms with Gasteiger partial charge >= 0.3 is 0 Å². The fourth-order valence-corrected chi connectivity index (χ4v) is 2.01. The van der Waals surface area contributed by atoms with Crippen LogP contribution in [0.4, 0.5) is 0 Å². The molecule has 1 heterocycles. The third kappa shape index (κ3) is 3.37. The Kier molecular flexibility index (Phi) is 3.85. The van der Waals surface area contributed by atoms with Gasteiger partial charge in [0.05, 0.1) is 0 Å². The standard InChI is InChI=1S/C12H13N3OS/c1-9-7-11(16)14-15-12(9)13-8-17-10-5-3-2-4-6-10/h2-6,9,17H,7H2,1H3,(H,14,16)/t9-/m0/s1. The number of rotatable bonds is 1. The molecule has 0 aromatic heterocycles. The zero-order chi connectivity index (χ0) is 12.1. The summed E-state index contributed by atoms with van der Waals surface area (Å²) in [5.74, 6) is 0.632. The summed E-state index contributed by atoms with van der Waals surface area (Å²) < 4.78 is 0. The number of hydrogen-bond donors (Lipinski definition) is 2. The molecule has 0 spiro atoms. The molecule has 2 rings (SSSR count). The molecule has 0 radical (unpaired) electrons. The molecular weight excluding hydrogens is 234 g/mol. The molecule has 0 unspecified atom stereocenters. The van der Waals surface area contributed by atoms with Crippen molar-refractivity contribution in [1.82, 2.24) is 5.43 Å². The number of hydrogen-bond acceptors (Lipinski definition) is 3. The van der Waals surface area contributed by atoms with Crippen molar-refractivity contribution in [2.45, 2.75) is 18.2 Å². The number of amides is 1. The molecule has 4 nitrogen and oxygen atoms in total. The Morgan fingerprint density at radius 3 is 2.94 bits per heavy atom. The van der Waals surface area contributed by atoms with E-state index in [4.69, 9.17) is 0 Å². The van der Waals surface area contributed by atoms with Crippen LogP contribution in [0.3, 0.4) is 0 Å². The largest absolute Gasteiger partial charge is 0.273 e. The van der Waals surface area contributed by atoms with Gasteiger partial charge in [0.1, 0.15) is 0 Å². The Morgan fingerprint density at radius 2 is 2.24 bits per heavy atom. The zero-order valence-corrected chi connectivity index (χ0v) is 10.3. The van der Waals surface area contributed by atoms with Crippen molar-refractivity contribution in [2.24, 2.45) is 16.0 Å². The Bertz CT molecular complexity index is 504. The Hall–Kier alpha value is -1.71. The van der Waals surface area contributed by atoms with Gasteiger partial charge in [-0.05, 0) is 12.1 Å². The summed E-state index contributed by atoms with van der Waals surface area (Å²) >= 11 is 0.904. The lowest BCUT2D eigenvalue weighted by Gasteiger charge is -2.13. The van der Waals surface area contributed by atoms with Gasteiger partial charge in [-0.25, -0.2) is 5.43 Å². The van der Waals surface area contributed by atoms with Crippen LogP contribution < -0.4 is 5.43 Å². The summed E-state index contributed by atoms with van der Waals surface area (Å²) in [6.07, 6.45) is 0.437. The first-order valence-electron chi connectivity index (χ1n) is 5.33. The Morgan fingerprint density at radius 1 is 1.47 bits per heavy atom. The fourth-order valence-electron chi connectivity index (χ4n) is 1.42. The summed E-state index contributed by atoms with van der Waals surface area (Å²) in [6.45, 7) is 1.93. The van der Waals surface area contributed by atoms with Crippen LogP contribution in [0.1, 0.15) is 13.3 Å². The minimum Gasteiger partial charge on any atom is -0.273 e. The number of aliphatic imine (C=N–C) groups is 1. The highest BCUT2D eigenvalue weighted by molar-refractivity contribution is 7.97. The summed E-state index contributed by atoms with van der Waals surface area (Å²) in [5.41, 5.74) is 2.42. The molecule has 1 aliphatic rings. The lowest BCUT2D eigenvalue weighted by Crippen LogP contribution is -2.30. The number of nitrogens with zero attached hydrogens (tertiary/aromatic N) is 2. The van der Waals surface area contributed by atoms with E-state index in [0.29, 0.717) is 12.3 Å². The van der Waals surface area contributed by atoms with E-state index in [-0.39, 0.29) is 11.8 Å². The number of carbonyl (C=O) groups excluding carboxylic acids is 1. The maximum absolute atomic E-state index is 11.0. The predicted molar refractivity (Wildman–Crippen MR) is 70.5 cm³/mol. The number of thiol groups is 1. The van der Waals surface area contributed by atoms with E-state index in [9.17, 15) is 4.79 Å².